The zero-order valence-corrected chi connectivity index (χ0v) is 18.8. The highest BCUT2D eigenvalue weighted by atomic mass is 16.3. The van der Waals surface area contributed by atoms with Crippen LogP contribution in [0.4, 0.5) is 5.82 Å². The lowest BCUT2D eigenvalue weighted by Gasteiger charge is -2.35. The third-order valence-corrected chi connectivity index (χ3v) is 6.48. The van der Waals surface area contributed by atoms with E-state index in [0.29, 0.717) is 62.6 Å². The third kappa shape index (κ3) is 5.26. The number of carbonyl (C=O) groups excluding carboxylic acids is 2. The maximum atomic E-state index is 12.0. The van der Waals surface area contributed by atoms with Crippen molar-refractivity contribution in [1.82, 2.24) is 15.2 Å². The number of pyridine rings is 1. The fourth-order valence-electron chi connectivity index (χ4n) is 4.54. The van der Waals surface area contributed by atoms with E-state index in [-0.39, 0.29) is 24.1 Å². The van der Waals surface area contributed by atoms with Crippen molar-refractivity contribution in [2.45, 2.75) is 44.9 Å². The smallest absolute Gasteiger partial charge is 0.248 e. The van der Waals surface area contributed by atoms with Crippen LogP contribution in [0.3, 0.4) is 0 Å². The maximum Gasteiger partial charge on any atom is 0.248 e. The van der Waals surface area contributed by atoms with Crippen LogP contribution in [0.5, 0.6) is 5.75 Å². The minimum Gasteiger partial charge on any atom is -0.508 e. The van der Waals surface area contributed by atoms with Crippen LogP contribution in [-0.2, 0) is 24.2 Å². The largest absolute Gasteiger partial charge is 0.508 e. The Bertz CT molecular complexity index is 1040. The Labute approximate surface area is 193 Å². The Morgan fingerprint density at radius 2 is 1.94 bits per heavy atom. The quantitative estimate of drug-likeness (QED) is 0.503. The van der Waals surface area contributed by atoms with E-state index < -0.39 is 12.0 Å². The molecule has 2 amide bonds. The summed E-state index contributed by atoms with van der Waals surface area (Å²) in [5.74, 6) is 0.455. The number of nitrogens with two attached hydrogens (primary N) is 1. The van der Waals surface area contributed by atoms with E-state index in [1.807, 2.05) is 22.8 Å². The van der Waals surface area contributed by atoms with Crippen molar-refractivity contribution in [1.29, 1.82) is 0 Å². The second kappa shape index (κ2) is 9.76. The van der Waals surface area contributed by atoms with Gasteiger partial charge in [-0.1, -0.05) is 13.0 Å². The number of aromatic hydroxyl groups is 1. The zero-order chi connectivity index (χ0) is 23.5. The molecular weight excluding hydrogens is 422 g/mol. The lowest BCUT2D eigenvalue weighted by molar-refractivity contribution is -0.131. The van der Waals surface area contributed by atoms with Gasteiger partial charge in [0.25, 0.3) is 0 Å². The Balaban J connectivity index is 1.47. The summed E-state index contributed by atoms with van der Waals surface area (Å²) in [5.41, 5.74) is 8.63. The second-order valence-electron chi connectivity index (χ2n) is 8.71. The fourth-order valence-corrected chi connectivity index (χ4v) is 4.54. The molecule has 2 aliphatic heterocycles. The van der Waals surface area contributed by atoms with Crippen molar-refractivity contribution in [3.8, 4) is 5.75 Å². The monoisotopic (exact) mass is 453 g/mol. The van der Waals surface area contributed by atoms with Crippen LogP contribution >= 0.6 is 0 Å². The van der Waals surface area contributed by atoms with Gasteiger partial charge in [0.1, 0.15) is 11.6 Å². The van der Waals surface area contributed by atoms with Crippen LogP contribution in [0, 0.1) is 0 Å². The van der Waals surface area contributed by atoms with Crippen molar-refractivity contribution in [3.05, 3.63) is 52.7 Å². The average molecular weight is 454 g/mol. The molecule has 9 heteroatoms. The summed E-state index contributed by atoms with van der Waals surface area (Å²) in [4.78, 5) is 32.5. The number of nitrogens with one attached hydrogen (secondary N) is 1. The molecule has 3 heterocycles. The van der Waals surface area contributed by atoms with Gasteiger partial charge in [0.2, 0.25) is 11.8 Å². The number of benzene rings is 1. The Morgan fingerprint density at radius 1 is 1.18 bits per heavy atom. The van der Waals surface area contributed by atoms with Crippen molar-refractivity contribution in [3.63, 3.8) is 0 Å². The number of rotatable bonds is 6. The maximum absolute atomic E-state index is 12.0. The number of phenolic OH excluding ortho intramolecular Hbond substituents is 1. The van der Waals surface area contributed by atoms with Crippen LogP contribution in [0.1, 0.15) is 40.5 Å². The number of hydrogen-bond donors (Lipinski definition) is 4. The second-order valence-corrected chi connectivity index (χ2v) is 8.71. The van der Waals surface area contributed by atoms with Crippen LogP contribution in [0.25, 0.3) is 0 Å². The first kappa shape index (κ1) is 23.0. The van der Waals surface area contributed by atoms with E-state index in [1.54, 1.807) is 24.3 Å². The summed E-state index contributed by atoms with van der Waals surface area (Å²) in [6, 6.07) is 8.43. The summed E-state index contributed by atoms with van der Waals surface area (Å²) in [5, 5.41) is 23.9. The van der Waals surface area contributed by atoms with Gasteiger partial charge in [-0.05, 0) is 41.8 Å². The molecule has 0 saturated carbocycles. The molecule has 33 heavy (non-hydrogen) atoms. The number of aliphatic hydroxyl groups excluding tert-OH is 1. The molecular formula is C24H31N5O4. The standard InChI is InChI=1S/C24H31N5O4/c1-2-23(32)29-7-5-28(6-8-29)22-12-16(24(25)33)9-18(27-22)13-21(31)20-11-15-3-4-19(30)10-17(15)14-26-20/h3-4,9-10,12,20-21,26,30-31H,2,5-8,11,13-14H2,1H3,(H2,25,33)/t20-,21+/m0/s1. The lowest BCUT2D eigenvalue weighted by atomic mass is 9.91. The molecule has 1 aromatic heterocycles. The molecule has 9 nitrogen and oxygen atoms in total. The molecule has 0 unspecified atom stereocenters. The number of anilines is 1. The number of amides is 2. The van der Waals surface area contributed by atoms with Crippen molar-refractivity contribution in [2.24, 2.45) is 5.73 Å². The number of nitrogens with zero attached hydrogens (tertiary/aromatic N) is 3. The molecule has 0 radical (unpaired) electrons. The molecule has 1 fully saturated rings. The predicted octanol–water partition coefficient (Wildman–Crippen LogP) is 0.563. The summed E-state index contributed by atoms with van der Waals surface area (Å²) in [7, 11) is 0. The van der Waals surface area contributed by atoms with Gasteiger partial charge in [-0.15, -0.1) is 0 Å². The highest BCUT2D eigenvalue weighted by Gasteiger charge is 2.27. The number of primary amides is 1. The molecule has 2 atom stereocenters. The highest BCUT2D eigenvalue weighted by molar-refractivity contribution is 5.93. The van der Waals surface area contributed by atoms with Crippen molar-refractivity contribution in [2.75, 3.05) is 31.1 Å². The SMILES string of the molecule is CCC(=O)N1CCN(c2cc(C(N)=O)cc(C[C@@H](O)[C@@H]3Cc4ccc(O)cc4CN3)n2)CC1. The highest BCUT2D eigenvalue weighted by Crippen LogP contribution is 2.24. The van der Waals surface area contributed by atoms with Gasteiger partial charge < -0.3 is 31.1 Å². The molecule has 176 valence electrons. The van der Waals surface area contributed by atoms with E-state index >= 15 is 0 Å². The van der Waals surface area contributed by atoms with Gasteiger partial charge >= 0.3 is 0 Å². The Morgan fingerprint density at radius 3 is 2.64 bits per heavy atom. The Kier molecular flexibility index (Phi) is 6.80. The summed E-state index contributed by atoms with van der Waals surface area (Å²) >= 11 is 0. The summed E-state index contributed by atoms with van der Waals surface area (Å²) in [6.45, 7) is 4.87. The minimum absolute atomic E-state index is 0.133. The van der Waals surface area contributed by atoms with Crippen molar-refractivity contribution >= 4 is 17.6 Å². The predicted molar refractivity (Wildman–Crippen MR) is 124 cm³/mol. The van der Waals surface area contributed by atoms with Gasteiger partial charge in [0.05, 0.1) is 6.10 Å². The van der Waals surface area contributed by atoms with Gasteiger partial charge in [-0.2, -0.15) is 0 Å². The molecule has 4 rings (SSSR count). The molecule has 1 aromatic carbocycles. The molecule has 0 bridgehead atoms. The fraction of sp³-hybridized carbons (Fsp3) is 0.458. The van der Waals surface area contributed by atoms with Crippen LogP contribution in [0.2, 0.25) is 0 Å². The van der Waals surface area contributed by atoms with Crippen LogP contribution < -0.4 is 16.0 Å². The summed E-state index contributed by atoms with van der Waals surface area (Å²) < 4.78 is 0. The van der Waals surface area contributed by atoms with Crippen LogP contribution in [0.15, 0.2) is 30.3 Å². The number of phenols is 1. The number of aliphatic hydroxyl groups is 1. The molecule has 0 spiro atoms. The van der Waals surface area contributed by atoms with Gasteiger partial charge in [0.15, 0.2) is 0 Å². The zero-order valence-electron chi connectivity index (χ0n) is 18.8. The van der Waals surface area contributed by atoms with E-state index in [4.69, 9.17) is 10.7 Å². The van der Waals surface area contributed by atoms with E-state index in [1.165, 1.54) is 0 Å². The molecule has 1 saturated heterocycles. The van der Waals surface area contributed by atoms with Gasteiger partial charge in [-0.3, -0.25) is 9.59 Å². The number of carbonyl (C=O) groups is 2. The first-order chi connectivity index (χ1) is 15.8. The first-order valence-electron chi connectivity index (χ1n) is 11.4. The lowest BCUT2D eigenvalue weighted by Crippen LogP contribution is -2.49. The molecule has 2 aromatic rings. The molecule has 5 N–H and O–H groups in total. The normalized spacial score (nSPS) is 19.2. The van der Waals surface area contributed by atoms with E-state index in [2.05, 4.69) is 5.32 Å². The minimum atomic E-state index is -0.713. The van der Waals surface area contributed by atoms with E-state index in [0.717, 1.165) is 11.1 Å². The van der Waals surface area contributed by atoms with E-state index in [9.17, 15) is 19.8 Å². The van der Waals surface area contributed by atoms with Gasteiger partial charge in [0, 0.05) is 62.9 Å². The number of hydrogen-bond acceptors (Lipinski definition) is 7. The van der Waals surface area contributed by atoms with Crippen molar-refractivity contribution < 1.29 is 19.8 Å². The number of aromatic nitrogens is 1. The topological polar surface area (TPSA) is 132 Å². The van der Waals surface area contributed by atoms with Gasteiger partial charge in [-0.25, -0.2) is 4.98 Å². The summed E-state index contributed by atoms with van der Waals surface area (Å²) in [6.07, 6.45) is 0.674. The third-order valence-electron chi connectivity index (χ3n) is 6.48. The molecule has 2 aliphatic rings. The van der Waals surface area contributed by atoms with Crippen LogP contribution in [-0.4, -0.2) is 70.2 Å². The number of fused-ring (bicyclic) bond motifs is 1. The average Bonchev–Trinajstić information content (AvgIpc) is 2.83. The molecule has 0 aliphatic carbocycles. The first-order valence-corrected chi connectivity index (χ1v) is 11.4. The Hall–Kier alpha value is -3.17. The number of piperazine rings is 1.